The monoisotopic (exact) mass is 452 g/mol. The Morgan fingerprint density at radius 1 is 1.26 bits per heavy atom. The van der Waals surface area contributed by atoms with Crippen molar-refractivity contribution >= 4 is 29.1 Å². The Balaban J connectivity index is 1.76. The highest BCUT2D eigenvalue weighted by Gasteiger charge is 2.37. The number of dihydropyridines is 1. The van der Waals surface area contributed by atoms with Crippen molar-refractivity contribution in [2.24, 2.45) is 0 Å². The summed E-state index contributed by atoms with van der Waals surface area (Å²) in [4.78, 5) is 12.9. The third-order valence-corrected chi connectivity index (χ3v) is 6.84. The molecule has 31 heavy (non-hydrogen) atoms. The van der Waals surface area contributed by atoms with Crippen LogP contribution >= 0.6 is 23.4 Å². The maximum Gasteiger partial charge on any atom is 0.161 e. The number of nitrogens with zero attached hydrogens (tertiary/aromatic N) is 1. The minimum absolute atomic E-state index is 0.0178. The van der Waals surface area contributed by atoms with Gasteiger partial charge in [-0.3, -0.25) is 4.79 Å². The minimum atomic E-state index is -0.490. The number of methoxy groups -OCH3 is 1. The fraction of sp³-hybridized carbons (Fsp3) is 0.250. The number of carbonyl (C=O) groups is 1. The zero-order valence-electron chi connectivity index (χ0n) is 16.9. The first kappa shape index (κ1) is 21.4. The van der Waals surface area contributed by atoms with Crippen molar-refractivity contribution in [3.63, 3.8) is 0 Å². The van der Waals surface area contributed by atoms with Crippen LogP contribution in [-0.4, -0.2) is 18.0 Å². The zero-order valence-corrected chi connectivity index (χ0v) is 18.5. The van der Waals surface area contributed by atoms with E-state index in [1.54, 1.807) is 18.2 Å². The van der Waals surface area contributed by atoms with Gasteiger partial charge in [0.2, 0.25) is 0 Å². The van der Waals surface area contributed by atoms with E-state index in [-0.39, 0.29) is 11.5 Å². The smallest absolute Gasteiger partial charge is 0.161 e. The number of halogens is 1. The summed E-state index contributed by atoms with van der Waals surface area (Å²) >= 11 is 7.52. The van der Waals surface area contributed by atoms with Gasteiger partial charge in [-0.05, 0) is 48.2 Å². The molecule has 1 heterocycles. The number of Topliss-reactive ketones (excluding diaryl/α,β-unsaturated/α-hetero) is 1. The van der Waals surface area contributed by atoms with Crippen molar-refractivity contribution in [1.29, 1.82) is 5.26 Å². The molecule has 4 rings (SSSR count). The lowest BCUT2D eigenvalue weighted by Gasteiger charge is -2.33. The lowest BCUT2D eigenvalue weighted by Crippen LogP contribution is -2.31. The van der Waals surface area contributed by atoms with Gasteiger partial charge >= 0.3 is 0 Å². The first-order valence-corrected chi connectivity index (χ1v) is 11.3. The van der Waals surface area contributed by atoms with Crippen molar-refractivity contribution in [2.75, 3.05) is 7.11 Å². The Morgan fingerprint density at radius 3 is 2.74 bits per heavy atom. The van der Waals surface area contributed by atoms with Crippen molar-refractivity contribution in [2.45, 2.75) is 30.9 Å². The Bertz CT molecular complexity index is 1130. The number of nitriles is 1. The number of phenols is 1. The number of aromatic hydroxyl groups is 1. The molecule has 1 aliphatic carbocycles. The summed E-state index contributed by atoms with van der Waals surface area (Å²) in [5, 5.41) is 24.9. The van der Waals surface area contributed by atoms with Gasteiger partial charge in [0.15, 0.2) is 17.3 Å². The number of rotatable bonds is 5. The van der Waals surface area contributed by atoms with Crippen molar-refractivity contribution in [3.8, 4) is 17.6 Å². The first-order chi connectivity index (χ1) is 15.0. The van der Waals surface area contributed by atoms with Gasteiger partial charge in [0.1, 0.15) is 0 Å². The molecule has 0 radical (unpaired) electrons. The predicted molar refractivity (Wildman–Crippen MR) is 122 cm³/mol. The van der Waals surface area contributed by atoms with E-state index in [2.05, 4.69) is 11.4 Å². The second kappa shape index (κ2) is 9.09. The van der Waals surface area contributed by atoms with E-state index in [4.69, 9.17) is 16.3 Å². The van der Waals surface area contributed by atoms with Gasteiger partial charge in [0, 0.05) is 28.5 Å². The first-order valence-electron chi connectivity index (χ1n) is 9.93. The fourth-order valence-corrected chi connectivity index (χ4v) is 5.12. The van der Waals surface area contributed by atoms with Gasteiger partial charge in [0.25, 0.3) is 0 Å². The van der Waals surface area contributed by atoms with Crippen molar-refractivity contribution < 1.29 is 14.6 Å². The average Bonchev–Trinajstić information content (AvgIpc) is 2.78. The molecular weight excluding hydrogens is 432 g/mol. The van der Waals surface area contributed by atoms with Crippen LogP contribution in [0, 0.1) is 11.3 Å². The molecule has 7 heteroatoms. The number of allylic oxidation sites excluding steroid dienone is 3. The second-order valence-corrected chi connectivity index (χ2v) is 8.85. The molecule has 1 aliphatic heterocycles. The minimum Gasteiger partial charge on any atom is -0.504 e. The number of phenolic OH excluding ortho intramolecular Hbond substituents is 1. The predicted octanol–water partition coefficient (Wildman–Crippen LogP) is 5.42. The number of ketones is 1. The summed E-state index contributed by atoms with van der Waals surface area (Å²) in [6.07, 6.45) is 2.02. The summed E-state index contributed by atoms with van der Waals surface area (Å²) in [5.41, 5.74) is 3.86. The molecule has 5 nitrogen and oxygen atoms in total. The third kappa shape index (κ3) is 4.30. The van der Waals surface area contributed by atoms with E-state index in [1.807, 2.05) is 24.3 Å². The largest absolute Gasteiger partial charge is 0.504 e. The van der Waals surface area contributed by atoms with Crippen LogP contribution in [0.2, 0.25) is 5.02 Å². The van der Waals surface area contributed by atoms with Crippen LogP contribution in [-0.2, 0) is 10.5 Å². The van der Waals surface area contributed by atoms with Crippen LogP contribution in [0.1, 0.15) is 36.3 Å². The van der Waals surface area contributed by atoms with Crippen LogP contribution in [0.15, 0.2) is 64.3 Å². The molecule has 158 valence electrons. The maximum absolute atomic E-state index is 12.9. The lowest BCUT2D eigenvalue weighted by atomic mass is 9.77. The highest BCUT2D eigenvalue weighted by atomic mass is 35.5. The van der Waals surface area contributed by atoms with E-state index in [9.17, 15) is 15.2 Å². The fourth-order valence-electron chi connectivity index (χ4n) is 3.98. The Labute approximate surface area is 190 Å². The number of benzene rings is 2. The molecule has 1 atom stereocenters. The SMILES string of the molecule is COc1cc([C@H]2C(C#N)=C(SCc3ccc(Cl)cc3)NC3=C2C(=O)CCC3)ccc1O. The quantitative estimate of drug-likeness (QED) is 0.630. The van der Waals surface area contributed by atoms with Gasteiger partial charge < -0.3 is 15.2 Å². The Kier molecular flexibility index (Phi) is 6.26. The number of ether oxygens (including phenoxy) is 1. The van der Waals surface area contributed by atoms with Gasteiger partial charge in [-0.1, -0.05) is 29.8 Å². The highest BCUT2D eigenvalue weighted by Crippen LogP contribution is 2.45. The van der Waals surface area contributed by atoms with Crippen LogP contribution in [0.4, 0.5) is 0 Å². The molecule has 0 fully saturated rings. The van der Waals surface area contributed by atoms with Crippen LogP contribution < -0.4 is 10.1 Å². The molecule has 0 aromatic heterocycles. The zero-order chi connectivity index (χ0) is 22.0. The topological polar surface area (TPSA) is 82.3 Å². The lowest BCUT2D eigenvalue weighted by molar-refractivity contribution is -0.116. The van der Waals surface area contributed by atoms with Crippen LogP contribution in [0.25, 0.3) is 0 Å². The summed E-state index contributed by atoms with van der Waals surface area (Å²) in [5.74, 6) is 0.558. The summed E-state index contributed by atoms with van der Waals surface area (Å²) < 4.78 is 5.27. The number of hydrogen-bond acceptors (Lipinski definition) is 6. The van der Waals surface area contributed by atoms with E-state index < -0.39 is 5.92 Å². The van der Waals surface area contributed by atoms with E-state index >= 15 is 0 Å². The van der Waals surface area contributed by atoms with Crippen LogP contribution in [0.5, 0.6) is 11.5 Å². The molecule has 0 unspecified atom stereocenters. The van der Waals surface area contributed by atoms with Gasteiger partial charge in [-0.15, -0.1) is 11.8 Å². The molecular formula is C24H21ClN2O3S. The van der Waals surface area contributed by atoms with Crippen LogP contribution in [0.3, 0.4) is 0 Å². The molecule has 0 spiro atoms. The summed E-state index contributed by atoms with van der Waals surface area (Å²) in [6.45, 7) is 0. The molecule has 0 saturated carbocycles. The van der Waals surface area contributed by atoms with Crippen molar-refractivity contribution in [1.82, 2.24) is 5.32 Å². The van der Waals surface area contributed by atoms with Gasteiger partial charge in [0.05, 0.1) is 29.7 Å². The normalized spacial score (nSPS) is 18.4. The molecule has 0 amide bonds. The number of carbonyl (C=O) groups excluding carboxylic acids is 1. The molecule has 2 aliphatic rings. The average molecular weight is 453 g/mol. The number of nitrogens with one attached hydrogen (secondary N) is 1. The Hall–Kier alpha value is -2.88. The molecule has 2 aromatic carbocycles. The standard InChI is InChI=1S/C24H21ClN2O3S/c1-30-21-11-15(7-10-19(21)28)22-17(12-26)24(27-18-3-2-4-20(29)23(18)22)31-13-14-5-8-16(25)9-6-14/h5-11,22,27-28H,2-4,13H2,1H3/t22-/m0/s1. The summed E-state index contributed by atoms with van der Waals surface area (Å²) in [7, 11) is 1.48. The number of hydrogen-bond donors (Lipinski definition) is 2. The third-order valence-electron chi connectivity index (χ3n) is 5.50. The Morgan fingerprint density at radius 2 is 2.03 bits per heavy atom. The molecule has 2 aromatic rings. The van der Waals surface area contributed by atoms with Crippen molar-refractivity contribution in [3.05, 3.63) is 80.5 Å². The molecule has 0 saturated heterocycles. The highest BCUT2D eigenvalue weighted by molar-refractivity contribution is 8.02. The number of thioether (sulfide) groups is 1. The maximum atomic E-state index is 12.9. The van der Waals surface area contributed by atoms with Gasteiger partial charge in [-0.25, -0.2) is 0 Å². The second-order valence-electron chi connectivity index (χ2n) is 7.43. The molecule has 0 bridgehead atoms. The van der Waals surface area contributed by atoms with Gasteiger partial charge in [-0.2, -0.15) is 5.26 Å². The van der Waals surface area contributed by atoms with E-state index in [1.165, 1.54) is 18.9 Å². The summed E-state index contributed by atoms with van der Waals surface area (Å²) in [6, 6.07) is 14.9. The van der Waals surface area contributed by atoms with E-state index in [0.717, 1.165) is 34.7 Å². The molecule has 2 N–H and O–H groups in total. The van der Waals surface area contributed by atoms with E-state index in [0.29, 0.717) is 34.1 Å².